The number of piperidine rings is 1. The van der Waals surface area contributed by atoms with Crippen LogP contribution in [0, 0.1) is 17.1 Å². The van der Waals surface area contributed by atoms with Gasteiger partial charge in [0.15, 0.2) is 5.82 Å². The zero-order valence-electron chi connectivity index (χ0n) is 24.4. The molecule has 10 rings (SSSR count). The molecule has 1 aliphatic carbocycles. The number of nitrogen functional groups attached to an aromatic ring is 1. The van der Waals surface area contributed by atoms with E-state index in [9.17, 15) is 9.65 Å². The Labute approximate surface area is 261 Å². The highest BCUT2D eigenvalue weighted by atomic mass is 32.1. The molecule has 0 amide bonds. The third-order valence-electron chi connectivity index (χ3n) is 11.5. The van der Waals surface area contributed by atoms with Gasteiger partial charge in [0, 0.05) is 41.4 Å². The number of pyridine rings is 1. The van der Waals surface area contributed by atoms with E-state index in [1.165, 1.54) is 11.3 Å². The predicted molar refractivity (Wildman–Crippen MR) is 164 cm³/mol. The number of nitrogens with two attached hydrogens (primary N) is 1. The van der Waals surface area contributed by atoms with E-state index in [4.69, 9.17) is 25.2 Å². The molecule has 8 heterocycles. The lowest BCUT2D eigenvalue weighted by molar-refractivity contribution is -0.0522. The average molecular weight is 629 g/mol. The first-order chi connectivity index (χ1) is 21.9. The van der Waals surface area contributed by atoms with Crippen molar-refractivity contribution in [1.29, 1.82) is 5.26 Å². The van der Waals surface area contributed by atoms with Gasteiger partial charge in [-0.3, -0.25) is 9.88 Å². The van der Waals surface area contributed by atoms with Crippen LogP contribution in [0.25, 0.3) is 32.2 Å². The number of rotatable bonds is 5. The fourth-order valence-corrected chi connectivity index (χ4v) is 10.2. The Morgan fingerprint density at radius 1 is 1.22 bits per heavy atom. The molecule has 5 atom stereocenters. The predicted octanol–water partition coefficient (Wildman–Crippen LogP) is 4.18. The highest BCUT2D eigenvalue weighted by molar-refractivity contribution is 7.23. The van der Waals surface area contributed by atoms with E-state index in [-0.39, 0.29) is 54.5 Å². The zero-order chi connectivity index (χ0) is 30.2. The van der Waals surface area contributed by atoms with Crippen molar-refractivity contribution in [2.75, 3.05) is 36.9 Å². The van der Waals surface area contributed by atoms with E-state index in [0.29, 0.717) is 51.4 Å². The van der Waals surface area contributed by atoms with E-state index in [2.05, 4.69) is 26.2 Å². The summed E-state index contributed by atoms with van der Waals surface area (Å²) in [5, 5.41) is 15.2. The Bertz CT molecular complexity index is 2000. The molecule has 5 aliphatic heterocycles. The summed E-state index contributed by atoms with van der Waals surface area (Å²) in [7, 11) is 0. The van der Waals surface area contributed by atoms with Crippen LogP contribution in [-0.2, 0) is 18.0 Å². The van der Waals surface area contributed by atoms with Crippen molar-refractivity contribution in [1.82, 2.24) is 25.2 Å². The Balaban J connectivity index is 1.18. The minimum Gasteiger partial charge on any atom is -0.461 e. The van der Waals surface area contributed by atoms with Gasteiger partial charge in [0.1, 0.15) is 35.2 Å². The fourth-order valence-electron chi connectivity index (χ4n) is 9.30. The molecule has 3 aromatic heterocycles. The Morgan fingerprint density at radius 3 is 2.89 bits per heavy atom. The number of fused-ring (bicyclic) bond motifs is 5. The molecule has 1 saturated carbocycles. The monoisotopic (exact) mass is 628 g/mol. The molecule has 4 saturated heterocycles. The van der Waals surface area contributed by atoms with Gasteiger partial charge < -0.3 is 25.4 Å². The van der Waals surface area contributed by atoms with Gasteiger partial charge in [-0.1, -0.05) is 0 Å². The molecule has 1 spiro atoms. The van der Waals surface area contributed by atoms with E-state index >= 15 is 4.39 Å². The van der Waals surface area contributed by atoms with Crippen LogP contribution in [0.15, 0.2) is 12.3 Å². The molecule has 10 nitrogen and oxygen atoms in total. The summed E-state index contributed by atoms with van der Waals surface area (Å²) in [5.74, 6) is 0.127. The van der Waals surface area contributed by atoms with Crippen molar-refractivity contribution in [2.45, 2.75) is 74.7 Å². The maximum atomic E-state index is 17.3. The lowest BCUT2D eigenvalue weighted by Crippen LogP contribution is -2.96. The fraction of sp³-hybridized carbons (Fsp3) is 0.500. The second kappa shape index (κ2) is 8.97. The van der Waals surface area contributed by atoms with Crippen molar-refractivity contribution in [3.8, 4) is 23.3 Å². The number of nitrogens with zero attached hydrogens (tertiary/aromatic N) is 6. The van der Waals surface area contributed by atoms with Crippen LogP contribution in [0.3, 0.4) is 0 Å². The molecule has 4 aromatic rings. The second-order valence-electron chi connectivity index (χ2n) is 13.4. The molecule has 6 aliphatic rings. The average Bonchev–Trinajstić information content (AvgIpc) is 3.76. The largest absolute Gasteiger partial charge is 0.461 e. The van der Waals surface area contributed by atoms with Crippen LogP contribution >= 0.6 is 11.3 Å². The summed E-state index contributed by atoms with van der Waals surface area (Å²) in [6.07, 6.45) is 5.14. The molecule has 4 unspecified atom stereocenters. The standard InChI is InChI=1S/C32H30F2N8O2S/c33-15-8-31(4-1-7-41(31)11-15)14-44-30-39-27-24(29(40-30)42-20-2-5-32(20)21(42)10-38-32)18-13-43-12-17(18)23(25(27)34)26-22-16(9-35)28(36)45-19(22)3-6-37-26/h3,6,15,20-21,38H,1-2,4-5,7-8,10-14,36H2/t15?,20?,21?,31-,32?/m0/s1. The molecule has 5 fully saturated rings. The van der Waals surface area contributed by atoms with Gasteiger partial charge in [0.2, 0.25) is 0 Å². The van der Waals surface area contributed by atoms with Crippen molar-refractivity contribution in [2.24, 2.45) is 0 Å². The number of nitriles is 1. The van der Waals surface area contributed by atoms with Crippen LogP contribution in [0.4, 0.5) is 19.6 Å². The highest BCUT2D eigenvalue weighted by Crippen LogP contribution is 2.58. The third kappa shape index (κ3) is 3.28. The van der Waals surface area contributed by atoms with Crippen molar-refractivity contribution >= 4 is 43.1 Å². The summed E-state index contributed by atoms with van der Waals surface area (Å²) < 4.78 is 44.9. The lowest BCUT2D eigenvalue weighted by Gasteiger charge is -2.77. The van der Waals surface area contributed by atoms with Gasteiger partial charge >= 0.3 is 6.01 Å². The normalized spacial score (nSPS) is 31.1. The number of hydrogen-bond acceptors (Lipinski definition) is 11. The number of halogens is 2. The molecule has 3 N–H and O–H groups in total. The van der Waals surface area contributed by atoms with Crippen LogP contribution in [0.1, 0.15) is 48.8 Å². The SMILES string of the molecule is N#Cc1c(N)sc2ccnc(-c3c4c(c5c(N6C7CCC78NCC68)nc(OC[C@@]67CCCN6CC(F)C7)nc5c3F)COC4)c12. The maximum absolute atomic E-state index is 17.3. The van der Waals surface area contributed by atoms with Crippen molar-refractivity contribution in [3.05, 3.63) is 34.8 Å². The summed E-state index contributed by atoms with van der Waals surface area (Å²) in [4.78, 5) is 18.9. The molecule has 230 valence electrons. The molecule has 45 heavy (non-hydrogen) atoms. The third-order valence-corrected chi connectivity index (χ3v) is 12.5. The quantitative estimate of drug-likeness (QED) is 0.333. The number of ether oxygens (including phenoxy) is 2. The summed E-state index contributed by atoms with van der Waals surface area (Å²) in [6, 6.07) is 4.63. The number of thiophene rings is 1. The van der Waals surface area contributed by atoms with Gasteiger partial charge in [-0.25, -0.2) is 8.78 Å². The number of alkyl halides is 1. The van der Waals surface area contributed by atoms with E-state index in [1.807, 2.05) is 0 Å². The second-order valence-corrected chi connectivity index (χ2v) is 14.5. The van der Waals surface area contributed by atoms with Gasteiger partial charge in [0.05, 0.1) is 53.0 Å². The van der Waals surface area contributed by atoms with Crippen molar-refractivity contribution < 1.29 is 18.3 Å². The molecule has 0 radical (unpaired) electrons. The van der Waals surface area contributed by atoms with Crippen LogP contribution in [0.5, 0.6) is 6.01 Å². The Kier molecular flexibility index (Phi) is 5.28. The molecule has 13 heteroatoms. The number of anilines is 2. The maximum Gasteiger partial charge on any atom is 0.319 e. The smallest absolute Gasteiger partial charge is 0.319 e. The van der Waals surface area contributed by atoms with Gasteiger partial charge in [0.25, 0.3) is 0 Å². The van der Waals surface area contributed by atoms with Crippen LogP contribution in [0.2, 0.25) is 0 Å². The minimum absolute atomic E-state index is 0.0949. The number of nitrogens with one attached hydrogen (secondary N) is 1. The molecule has 0 bridgehead atoms. The summed E-state index contributed by atoms with van der Waals surface area (Å²) >= 11 is 1.29. The first kappa shape index (κ1) is 26.5. The van der Waals surface area contributed by atoms with Gasteiger partial charge in [-0.15, -0.1) is 11.3 Å². The first-order valence-corrected chi connectivity index (χ1v) is 16.5. The summed E-state index contributed by atoms with van der Waals surface area (Å²) in [5.41, 5.74) is 8.53. The Hall–Kier alpha value is -3.70. The van der Waals surface area contributed by atoms with Crippen LogP contribution < -0.4 is 20.7 Å². The highest BCUT2D eigenvalue weighted by Gasteiger charge is 2.71. The number of hydrogen-bond donors (Lipinski definition) is 2. The Morgan fingerprint density at radius 2 is 2.11 bits per heavy atom. The van der Waals surface area contributed by atoms with Gasteiger partial charge in [-0.05, 0) is 49.4 Å². The first-order valence-electron chi connectivity index (χ1n) is 15.7. The zero-order valence-corrected chi connectivity index (χ0v) is 25.2. The number of piperazine rings is 1. The molecular weight excluding hydrogens is 598 g/mol. The van der Waals surface area contributed by atoms with Gasteiger partial charge in [-0.2, -0.15) is 15.2 Å². The number of aromatic nitrogens is 3. The van der Waals surface area contributed by atoms with E-state index < -0.39 is 17.5 Å². The van der Waals surface area contributed by atoms with Crippen molar-refractivity contribution in [3.63, 3.8) is 0 Å². The lowest BCUT2D eigenvalue weighted by atomic mass is 9.54. The molecular formula is C32H30F2N8O2S. The van der Waals surface area contributed by atoms with Crippen LogP contribution in [-0.4, -0.2) is 75.4 Å². The topological polar surface area (TPSA) is 125 Å². The number of benzene rings is 1. The van der Waals surface area contributed by atoms with E-state index in [1.54, 1.807) is 12.3 Å². The summed E-state index contributed by atoms with van der Waals surface area (Å²) in [6.45, 7) is 2.84. The van der Waals surface area contributed by atoms with E-state index in [0.717, 1.165) is 49.0 Å². The minimum atomic E-state index is -0.886. The molecule has 1 aromatic carbocycles.